The fraction of sp³-hybridized carbons (Fsp3) is 0.278. The second kappa shape index (κ2) is 9.97. The fourth-order valence-corrected chi connectivity index (χ4v) is 3.91. The van der Waals surface area contributed by atoms with Gasteiger partial charge in [0.15, 0.2) is 11.5 Å². The van der Waals surface area contributed by atoms with Crippen molar-refractivity contribution in [2.75, 3.05) is 26.8 Å². The van der Waals surface area contributed by atoms with Crippen LogP contribution in [0.1, 0.15) is 17.3 Å². The fourth-order valence-electron chi connectivity index (χ4n) is 2.32. The molecule has 0 aliphatic carbocycles. The molecule has 0 radical (unpaired) electrons. The van der Waals surface area contributed by atoms with Gasteiger partial charge in [-0.25, -0.2) is 13.1 Å². The zero-order valence-electron chi connectivity index (χ0n) is 15.3. The molecule has 28 heavy (non-hydrogen) atoms. The maximum absolute atomic E-state index is 12.3. The Hall–Kier alpha value is -2.00. The molecular formula is C18H20Cl2N2O5S. The Kier molecular flexibility index (Phi) is 7.94. The maximum Gasteiger partial charge on any atom is 0.251 e. The molecule has 0 aliphatic heterocycles. The highest BCUT2D eigenvalue weighted by Gasteiger charge is 2.16. The zero-order chi connectivity index (χ0) is 20.7. The number of carbonyl (C=O) groups is 1. The lowest BCUT2D eigenvalue weighted by molar-refractivity contribution is 0.0954. The minimum absolute atomic E-state index is 0.00246. The van der Waals surface area contributed by atoms with Crippen LogP contribution in [0.15, 0.2) is 41.3 Å². The van der Waals surface area contributed by atoms with E-state index in [1.54, 1.807) is 19.1 Å². The molecule has 2 N–H and O–H groups in total. The molecule has 0 fully saturated rings. The molecule has 0 spiro atoms. The van der Waals surface area contributed by atoms with Gasteiger partial charge in [-0.15, -0.1) is 0 Å². The normalized spacial score (nSPS) is 11.1. The Morgan fingerprint density at radius 1 is 1.14 bits per heavy atom. The van der Waals surface area contributed by atoms with E-state index >= 15 is 0 Å². The monoisotopic (exact) mass is 446 g/mol. The smallest absolute Gasteiger partial charge is 0.251 e. The van der Waals surface area contributed by atoms with Crippen LogP contribution in [-0.4, -0.2) is 41.1 Å². The summed E-state index contributed by atoms with van der Waals surface area (Å²) in [6, 6.07) is 8.86. The number of halogens is 2. The molecule has 0 saturated carbocycles. The predicted molar refractivity (Wildman–Crippen MR) is 108 cm³/mol. The SMILES string of the molecule is CCOc1c(Cl)cc(C(=O)NCCNS(=O)(=O)c2cccc(Cl)c2)cc1OC. The van der Waals surface area contributed by atoms with E-state index in [0.29, 0.717) is 23.1 Å². The number of amides is 1. The summed E-state index contributed by atoms with van der Waals surface area (Å²) < 4.78 is 37.4. The summed E-state index contributed by atoms with van der Waals surface area (Å²) in [6.45, 7) is 2.28. The summed E-state index contributed by atoms with van der Waals surface area (Å²) in [7, 11) is -2.27. The summed E-state index contributed by atoms with van der Waals surface area (Å²) in [6.07, 6.45) is 0. The molecule has 0 aromatic heterocycles. The van der Waals surface area contributed by atoms with Gasteiger partial charge in [0.1, 0.15) is 0 Å². The number of benzene rings is 2. The molecule has 7 nitrogen and oxygen atoms in total. The van der Waals surface area contributed by atoms with Crippen molar-refractivity contribution in [3.8, 4) is 11.5 Å². The Bertz CT molecular complexity index is 951. The maximum atomic E-state index is 12.3. The Balaban J connectivity index is 1.96. The number of sulfonamides is 1. The Labute approximate surface area is 174 Å². The van der Waals surface area contributed by atoms with E-state index in [-0.39, 0.29) is 28.6 Å². The van der Waals surface area contributed by atoms with E-state index in [2.05, 4.69) is 10.0 Å². The van der Waals surface area contributed by atoms with Crippen molar-refractivity contribution < 1.29 is 22.7 Å². The van der Waals surface area contributed by atoms with Crippen LogP contribution in [0.5, 0.6) is 11.5 Å². The van der Waals surface area contributed by atoms with Crippen LogP contribution >= 0.6 is 23.2 Å². The third-order valence-electron chi connectivity index (χ3n) is 3.59. The minimum atomic E-state index is -3.72. The van der Waals surface area contributed by atoms with Crippen LogP contribution in [0.25, 0.3) is 0 Å². The molecule has 0 heterocycles. The van der Waals surface area contributed by atoms with Crippen molar-refractivity contribution in [3.63, 3.8) is 0 Å². The van der Waals surface area contributed by atoms with Crippen molar-refractivity contribution in [1.29, 1.82) is 0 Å². The van der Waals surface area contributed by atoms with Gasteiger partial charge in [-0.05, 0) is 37.3 Å². The first-order chi connectivity index (χ1) is 13.3. The number of carbonyl (C=O) groups excluding carboxylic acids is 1. The Morgan fingerprint density at radius 3 is 2.54 bits per heavy atom. The Morgan fingerprint density at radius 2 is 1.89 bits per heavy atom. The predicted octanol–water partition coefficient (Wildman–Crippen LogP) is 3.11. The van der Waals surface area contributed by atoms with Crippen LogP contribution < -0.4 is 19.5 Å². The molecule has 0 unspecified atom stereocenters. The van der Waals surface area contributed by atoms with Crippen molar-refractivity contribution in [1.82, 2.24) is 10.0 Å². The van der Waals surface area contributed by atoms with E-state index in [1.807, 2.05) is 0 Å². The molecule has 2 aromatic carbocycles. The van der Waals surface area contributed by atoms with Gasteiger partial charge in [0.2, 0.25) is 10.0 Å². The van der Waals surface area contributed by atoms with Crippen molar-refractivity contribution in [2.24, 2.45) is 0 Å². The highest BCUT2D eigenvalue weighted by molar-refractivity contribution is 7.89. The lowest BCUT2D eigenvalue weighted by Crippen LogP contribution is -2.34. The largest absolute Gasteiger partial charge is 0.493 e. The second-order valence-electron chi connectivity index (χ2n) is 5.53. The lowest BCUT2D eigenvalue weighted by atomic mass is 10.2. The summed E-state index contributed by atoms with van der Waals surface area (Å²) in [5.74, 6) is 0.267. The van der Waals surface area contributed by atoms with Gasteiger partial charge in [-0.2, -0.15) is 0 Å². The first-order valence-electron chi connectivity index (χ1n) is 8.32. The van der Waals surface area contributed by atoms with Gasteiger partial charge < -0.3 is 14.8 Å². The van der Waals surface area contributed by atoms with E-state index in [9.17, 15) is 13.2 Å². The van der Waals surface area contributed by atoms with Gasteiger partial charge >= 0.3 is 0 Å². The topological polar surface area (TPSA) is 93.7 Å². The van der Waals surface area contributed by atoms with Crippen molar-refractivity contribution in [2.45, 2.75) is 11.8 Å². The molecule has 10 heteroatoms. The standard InChI is InChI=1S/C18H20Cl2N2O5S/c1-3-27-17-15(20)9-12(10-16(17)26-2)18(23)21-7-8-22-28(24,25)14-6-4-5-13(19)11-14/h4-6,9-11,22H,3,7-8H2,1-2H3,(H,21,23). The van der Waals surface area contributed by atoms with Crippen LogP contribution in [0.4, 0.5) is 0 Å². The van der Waals surface area contributed by atoms with Crippen LogP contribution in [-0.2, 0) is 10.0 Å². The highest BCUT2D eigenvalue weighted by atomic mass is 35.5. The number of hydrogen-bond donors (Lipinski definition) is 2. The average Bonchev–Trinajstić information content (AvgIpc) is 2.66. The molecule has 0 atom stereocenters. The van der Waals surface area contributed by atoms with Crippen LogP contribution in [0.2, 0.25) is 10.0 Å². The van der Waals surface area contributed by atoms with Crippen LogP contribution in [0.3, 0.4) is 0 Å². The molecule has 0 bridgehead atoms. The number of hydrogen-bond acceptors (Lipinski definition) is 5. The van der Waals surface area contributed by atoms with E-state index in [1.165, 1.54) is 31.4 Å². The summed E-state index contributed by atoms with van der Waals surface area (Å²) in [4.78, 5) is 12.4. The second-order valence-corrected chi connectivity index (χ2v) is 8.14. The first kappa shape index (κ1) is 22.3. The van der Waals surface area contributed by atoms with Gasteiger partial charge in [0.25, 0.3) is 5.91 Å². The summed E-state index contributed by atoms with van der Waals surface area (Å²) in [5, 5.41) is 3.18. The van der Waals surface area contributed by atoms with Crippen molar-refractivity contribution in [3.05, 3.63) is 52.0 Å². The number of ether oxygens (including phenoxy) is 2. The third-order valence-corrected chi connectivity index (χ3v) is 5.56. The van der Waals surface area contributed by atoms with Crippen molar-refractivity contribution >= 4 is 39.1 Å². The summed E-state index contributed by atoms with van der Waals surface area (Å²) in [5.41, 5.74) is 0.267. The van der Waals surface area contributed by atoms with E-state index in [0.717, 1.165) is 0 Å². The van der Waals surface area contributed by atoms with Gasteiger partial charge in [-0.3, -0.25) is 4.79 Å². The summed E-state index contributed by atoms with van der Waals surface area (Å²) >= 11 is 12.0. The highest BCUT2D eigenvalue weighted by Crippen LogP contribution is 2.36. The van der Waals surface area contributed by atoms with Gasteiger partial charge in [0, 0.05) is 23.7 Å². The average molecular weight is 447 g/mol. The quantitative estimate of drug-likeness (QED) is 0.577. The van der Waals surface area contributed by atoms with Gasteiger partial charge in [-0.1, -0.05) is 29.3 Å². The molecule has 2 rings (SSSR count). The minimum Gasteiger partial charge on any atom is -0.493 e. The molecule has 0 aliphatic rings. The molecule has 2 aromatic rings. The molecule has 152 valence electrons. The lowest BCUT2D eigenvalue weighted by Gasteiger charge is -2.13. The molecule has 1 amide bonds. The first-order valence-corrected chi connectivity index (χ1v) is 10.6. The molecule has 0 saturated heterocycles. The number of rotatable bonds is 9. The number of methoxy groups -OCH3 is 1. The third kappa shape index (κ3) is 5.75. The van der Waals surface area contributed by atoms with Gasteiger partial charge in [0.05, 0.1) is 23.6 Å². The van der Waals surface area contributed by atoms with E-state index in [4.69, 9.17) is 32.7 Å². The number of nitrogens with one attached hydrogen (secondary N) is 2. The molecular weight excluding hydrogens is 427 g/mol. The zero-order valence-corrected chi connectivity index (χ0v) is 17.6. The van der Waals surface area contributed by atoms with Crippen LogP contribution in [0, 0.1) is 0 Å². The van der Waals surface area contributed by atoms with E-state index < -0.39 is 15.9 Å².